The maximum atomic E-state index is 4.02. The molecule has 0 fully saturated rings. The van der Waals surface area contributed by atoms with Crippen molar-refractivity contribution in [2.75, 3.05) is 0 Å². The molecule has 0 amide bonds. The van der Waals surface area contributed by atoms with Gasteiger partial charge in [0.1, 0.15) is 0 Å². The zero-order valence-electron chi connectivity index (χ0n) is 30.0. The van der Waals surface area contributed by atoms with Crippen LogP contribution in [0.2, 0.25) is 0 Å². The molecule has 1 atom stereocenters. The third-order valence-electron chi connectivity index (χ3n) is 6.06. The highest BCUT2D eigenvalue weighted by molar-refractivity contribution is 5.10. The number of hydrogen-bond acceptors (Lipinski definition) is 10. The Morgan fingerprint density at radius 2 is 0.957 bits per heavy atom. The van der Waals surface area contributed by atoms with Crippen LogP contribution in [-0.4, -0.2) is 67.7 Å². The lowest BCUT2D eigenvalue weighted by atomic mass is 9.88. The van der Waals surface area contributed by atoms with Gasteiger partial charge in [0, 0.05) is 51.6 Å². The molecule has 1 unspecified atom stereocenters. The molecule has 0 saturated carbocycles. The van der Waals surface area contributed by atoms with Crippen molar-refractivity contribution < 1.29 is 0 Å². The molecule has 0 aliphatic carbocycles. The molecule has 0 bridgehead atoms. The van der Waals surface area contributed by atoms with Crippen molar-refractivity contribution in [3.63, 3.8) is 0 Å². The van der Waals surface area contributed by atoms with Crippen LogP contribution in [0, 0.1) is 5.41 Å². The Bertz CT molecular complexity index is 1140. The molecule has 4 N–H and O–H groups in total. The Hall–Kier alpha value is -4.10. The average Bonchev–Trinajstić information content (AvgIpc) is 3.75. The normalized spacial score (nSPS) is 14.3. The third kappa shape index (κ3) is 16.3. The van der Waals surface area contributed by atoms with E-state index in [2.05, 4.69) is 134 Å². The zero-order valence-corrected chi connectivity index (χ0v) is 30.0. The van der Waals surface area contributed by atoms with Crippen LogP contribution in [-0.2, 0) is 21.7 Å². The van der Waals surface area contributed by atoms with Crippen LogP contribution in [0.1, 0.15) is 134 Å². The first kappa shape index (κ1) is 41.9. The van der Waals surface area contributed by atoms with Crippen LogP contribution in [0.5, 0.6) is 0 Å². The number of aromatic amines is 4. The van der Waals surface area contributed by atoms with Gasteiger partial charge in [0.05, 0.1) is 6.04 Å². The lowest BCUT2D eigenvalue weighted by Crippen LogP contribution is -2.20. The van der Waals surface area contributed by atoms with Crippen LogP contribution in [0.15, 0.2) is 47.0 Å². The van der Waals surface area contributed by atoms with Gasteiger partial charge >= 0.3 is 0 Å². The molecule has 0 saturated heterocycles. The third-order valence-corrected chi connectivity index (χ3v) is 6.06. The van der Waals surface area contributed by atoms with Gasteiger partial charge in [0.25, 0.3) is 0 Å². The minimum absolute atomic E-state index is 0. The number of aromatic nitrogens is 12. The molecular weight excluding hydrogens is 580 g/mol. The molecule has 0 spiro atoms. The summed E-state index contributed by atoms with van der Waals surface area (Å²) < 4.78 is 0. The minimum Gasteiger partial charge on any atom is -0.282 e. The summed E-state index contributed by atoms with van der Waals surface area (Å²) in [5.41, 5.74) is 3.02. The van der Waals surface area contributed by atoms with Gasteiger partial charge in [0.15, 0.2) is 11.6 Å². The fraction of sp³-hybridized carbons (Fsp3) is 0.688. The predicted octanol–water partition coefficient (Wildman–Crippen LogP) is 7.43. The number of H-pyrrole nitrogens is 4. The van der Waals surface area contributed by atoms with Crippen LogP contribution in [0.3, 0.4) is 0 Å². The summed E-state index contributed by atoms with van der Waals surface area (Å²) in [7, 11) is 0. The molecular formula is C32H60N14. The summed E-state index contributed by atoms with van der Waals surface area (Å²) in [5, 5.41) is 48.5. The Labute approximate surface area is 275 Å². The van der Waals surface area contributed by atoms with Crippen LogP contribution in [0.4, 0.5) is 0 Å². The van der Waals surface area contributed by atoms with Crippen molar-refractivity contribution in [1.82, 2.24) is 61.6 Å². The number of azo groups is 1. The first-order chi connectivity index (χ1) is 20.5. The number of nitrogens with zero attached hydrogens (tertiary/aromatic N) is 10. The standard InChI is InChI=1S/3C7H12N2.2C5H10N4.CH4/c3*1-7(2,3)6-4-5-8-9-6;2*1-5(2,3)4-6-8-9-7-4;/h2*4-5H,1-3H3,(H,8,9);4-6H,1-3H3;2*1-3H3,(H,6,7,8,9);1H4. The van der Waals surface area contributed by atoms with Gasteiger partial charge in [-0.05, 0) is 23.6 Å². The van der Waals surface area contributed by atoms with Gasteiger partial charge in [-0.1, -0.05) is 122 Å². The maximum Gasteiger partial charge on any atom is 0.179 e. The van der Waals surface area contributed by atoms with Crippen LogP contribution in [0.25, 0.3) is 0 Å². The van der Waals surface area contributed by atoms with E-state index >= 15 is 0 Å². The topological polar surface area (TPSA) is 191 Å². The molecule has 5 rings (SSSR count). The summed E-state index contributed by atoms with van der Waals surface area (Å²) in [4.78, 5) is 0. The highest BCUT2D eigenvalue weighted by Gasteiger charge is 2.23. The average molecular weight is 641 g/mol. The van der Waals surface area contributed by atoms with Gasteiger partial charge in [-0.2, -0.15) is 30.9 Å². The molecule has 1 aliphatic heterocycles. The van der Waals surface area contributed by atoms with Gasteiger partial charge in [-0.3, -0.25) is 10.2 Å². The molecule has 1 aliphatic rings. The summed E-state index contributed by atoms with van der Waals surface area (Å²) in [5.74, 6) is 1.50. The molecule has 5 heterocycles. The number of hydrogen-bond donors (Lipinski definition) is 4. The fourth-order valence-corrected chi connectivity index (χ4v) is 3.04. The van der Waals surface area contributed by atoms with E-state index in [1.54, 1.807) is 18.6 Å². The second kappa shape index (κ2) is 17.6. The molecule has 258 valence electrons. The summed E-state index contributed by atoms with van der Waals surface area (Å²) in [6, 6.07) is 4.29. The predicted molar refractivity (Wildman–Crippen MR) is 184 cm³/mol. The van der Waals surface area contributed by atoms with E-state index in [1.165, 1.54) is 11.4 Å². The monoisotopic (exact) mass is 641 g/mol. The maximum absolute atomic E-state index is 4.02. The lowest BCUT2D eigenvalue weighted by Gasteiger charge is -2.20. The van der Waals surface area contributed by atoms with E-state index in [-0.39, 0.29) is 40.5 Å². The van der Waals surface area contributed by atoms with Crippen molar-refractivity contribution in [3.05, 3.63) is 59.8 Å². The minimum atomic E-state index is 0. The van der Waals surface area contributed by atoms with Gasteiger partial charge in [-0.25, -0.2) is 0 Å². The molecule has 4 aromatic heterocycles. The first-order valence-corrected chi connectivity index (χ1v) is 15.1. The zero-order chi connectivity index (χ0) is 34.5. The molecule has 46 heavy (non-hydrogen) atoms. The Morgan fingerprint density at radius 3 is 1.09 bits per heavy atom. The smallest absolute Gasteiger partial charge is 0.179 e. The molecule has 0 radical (unpaired) electrons. The fourth-order valence-electron chi connectivity index (χ4n) is 3.04. The summed E-state index contributed by atoms with van der Waals surface area (Å²) in [6.45, 7) is 31.6. The van der Waals surface area contributed by atoms with Crippen molar-refractivity contribution in [2.24, 2.45) is 15.6 Å². The van der Waals surface area contributed by atoms with Gasteiger partial charge in [0.2, 0.25) is 0 Å². The van der Waals surface area contributed by atoms with Crippen LogP contribution < -0.4 is 0 Å². The Balaban J connectivity index is 0.000000547. The van der Waals surface area contributed by atoms with Crippen molar-refractivity contribution in [3.8, 4) is 0 Å². The molecule has 14 nitrogen and oxygen atoms in total. The highest BCUT2D eigenvalue weighted by Crippen LogP contribution is 2.26. The molecule has 4 aromatic rings. The quantitative estimate of drug-likeness (QED) is 0.152. The summed E-state index contributed by atoms with van der Waals surface area (Å²) >= 11 is 0. The number of nitrogens with one attached hydrogen (secondary N) is 4. The number of tetrazole rings is 2. The first-order valence-electron chi connectivity index (χ1n) is 15.1. The lowest BCUT2D eigenvalue weighted by molar-refractivity contribution is 0.365. The van der Waals surface area contributed by atoms with Crippen molar-refractivity contribution in [2.45, 2.75) is 139 Å². The van der Waals surface area contributed by atoms with Crippen molar-refractivity contribution >= 4 is 0 Å². The largest absolute Gasteiger partial charge is 0.282 e. The number of rotatable bonds is 0. The SMILES string of the molecule is C.CC(C)(C)C1C=CN=N1.CC(C)(C)c1ccn[nH]1.CC(C)(C)c1ccn[nH]1.CC(C)(C)c1nn[nH]n1.CC(C)(C)c1nn[nH]n1. The molecule has 0 aromatic carbocycles. The van der Waals surface area contributed by atoms with E-state index in [0.29, 0.717) is 0 Å². The Kier molecular flexibility index (Phi) is 16.0. The van der Waals surface area contributed by atoms with Crippen molar-refractivity contribution in [1.29, 1.82) is 0 Å². The van der Waals surface area contributed by atoms with E-state index < -0.39 is 0 Å². The van der Waals surface area contributed by atoms with Crippen LogP contribution >= 0.6 is 0 Å². The van der Waals surface area contributed by atoms with E-state index in [0.717, 1.165) is 11.6 Å². The second-order valence-electron chi connectivity index (χ2n) is 15.8. The van der Waals surface area contributed by atoms with E-state index in [4.69, 9.17) is 0 Å². The molecule has 14 heteroatoms. The second-order valence-corrected chi connectivity index (χ2v) is 15.8. The highest BCUT2D eigenvalue weighted by atomic mass is 15.5. The Morgan fingerprint density at radius 1 is 0.565 bits per heavy atom. The van der Waals surface area contributed by atoms with E-state index in [1.807, 2.05) is 59.8 Å². The summed E-state index contributed by atoms with van der Waals surface area (Å²) in [6.07, 6.45) is 7.34. The van der Waals surface area contributed by atoms with Gasteiger partial charge < -0.3 is 0 Å². The van der Waals surface area contributed by atoms with Gasteiger partial charge in [-0.15, -0.1) is 20.4 Å². The van der Waals surface area contributed by atoms with E-state index in [9.17, 15) is 0 Å².